The predicted octanol–water partition coefficient (Wildman–Crippen LogP) is 0.650. The smallest absolute Gasteiger partial charge is 0.278 e. The van der Waals surface area contributed by atoms with Crippen molar-refractivity contribution >= 4 is 40.3 Å². The van der Waals surface area contributed by atoms with E-state index in [1.54, 1.807) is 0 Å². The van der Waals surface area contributed by atoms with E-state index >= 15 is 0 Å². The second kappa shape index (κ2) is 4.83. The zero-order chi connectivity index (χ0) is 10.6. The van der Waals surface area contributed by atoms with Gasteiger partial charge in [-0.05, 0) is 0 Å². The summed E-state index contributed by atoms with van der Waals surface area (Å²) in [4.78, 5) is 23.5. The molecule has 0 amide bonds. The highest BCUT2D eigenvalue weighted by Gasteiger charge is 2.01. The van der Waals surface area contributed by atoms with Crippen LogP contribution in [0.15, 0.2) is 11.1 Å². The molecular formula is C6H7Cl2N5O. The number of nitrogens with zero attached hydrogens (tertiary/aromatic N) is 2. The molecule has 2 aromatic heterocycles. The summed E-state index contributed by atoms with van der Waals surface area (Å²) < 4.78 is 0. The molecule has 0 spiro atoms. The first-order valence-corrected chi connectivity index (χ1v) is 4.56. The molecule has 0 unspecified atom stereocenters. The first kappa shape index (κ1) is 10.8. The maximum Gasteiger partial charge on any atom is 0.278 e. The highest BCUT2D eigenvalue weighted by molar-refractivity contribution is 6.40. The topological polar surface area (TPSA) is 100 Å². The molecule has 0 saturated carbocycles. The zero-order valence-corrected chi connectivity index (χ0v) is 8.43. The fourth-order valence-corrected chi connectivity index (χ4v) is 0.860. The Morgan fingerprint density at radius 3 is 2.79 bits per heavy atom. The third-order valence-corrected chi connectivity index (χ3v) is 1.31. The lowest BCUT2D eigenvalue weighted by Gasteiger charge is -1.89. The Kier molecular flexibility index (Phi) is 3.73. The number of halogens is 2. The molecule has 0 radical (unpaired) electrons. The standard InChI is InChI=1S/C5H5N5O.CH2Cl2/c6-5-9-3-2(4(11)10-5)7-1-8-3;2-1-3/h1H,(H4,6,7,8,9,10,11);1H2. The van der Waals surface area contributed by atoms with E-state index in [-0.39, 0.29) is 16.8 Å². The van der Waals surface area contributed by atoms with Crippen LogP contribution in [0.1, 0.15) is 0 Å². The summed E-state index contributed by atoms with van der Waals surface area (Å²) in [5, 5.41) is 0.194. The molecule has 0 bridgehead atoms. The van der Waals surface area contributed by atoms with Gasteiger partial charge < -0.3 is 10.7 Å². The van der Waals surface area contributed by atoms with Crippen LogP contribution in [0.25, 0.3) is 11.2 Å². The maximum atomic E-state index is 11.0. The second-order valence-corrected chi connectivity index (χ2v) is 2.96. The van der Waals surface area contributed by atoms with Crippen LogP contribution in [0.5, 0.6) is 0 Å². The summed E-state index contributed by atoms with van der Waals surface area (Å²) in [5.41, 5.74) is 5.65. The van der Waals surface area contributed by atoms with E-state index in [4.69, 9.17) is 28.9 Å². The third-order valence-electron chi connectivity index (χ3n) is 1.31. The van der Waals surface area contributed by atoms with Gasteiger partial charge in [-0.25, -0.2) is 4.98 Å². The summed E-state index contributed by atoms with van der Waals surface area (Å²) in [5.74, 6) is 0.0783. The van der Waals surface area contributed by atoms with E-state index in [0.717, 1.165) is 0 Å². The zero-order valence-electron chi connectivity index (χ0n) is 6.92. The van der Waals surface area contributed by atoms with Crippen molar-refractivity contribution in [2.45, 2.75) is 0 Å². The van der Waals surface area contributed by atoms with E-state index in [2.05, 4.69) is 19.9 Å². The Bertz CT molecular complexity index is 464. The van der Waals surface area contributed by atoms with E-state index < -0.39 is 0 Å². The van der Waals surface area contributed by atoms with Gasteiger partial charge in [0.2, 0.25) is 5.95 Å². The van der Waals surface area contributed by atoms with E-state index in [1.165, 1.54) is 6.33 Å². The molecule has 76 valence electrons. The van der Waals surface area contributed by atoms with Gasteiger partial charge >= 0.3 is 0 Å². The van der Waals surface area contributed by atoms with Crippen LogP contribution >= 0.6 is 23.2 Å². The van der Waals surface area contributed by atoms with Crippen molar-refractivity contribution in [3.63, 3.8) is 0 Å². The fourth-order valence-electron chi connectivity index (χ4n) is 0.860. The minimum absolute atomic E-state index is 0.0783. The van der Waals surface area contributed by atoms with Crippen molar-refractivity contribution in [1.82, 2.24) is 19.9 Å². The Hall–Kier alpha value is -1.27. The van der Waals surface area contributed by atoms with Crippen molar-refractivity contribution in [2.24, 2.45) is 0 Å². The predicted molar refractivity (Wildman–Crippen MR) is 55.5 cm³/mol. The molecule has 0 saturated heterocycles. The summed E-state index contributed by atoms with van der Waals surface area (Å²) in [6.45, 7) is 0. The van der Waals surface area contributed by atoms with Crippen molar-refractivity contribution in [2.75, 3.05) is 11.1 Å². The normalized spacial score (nSPS) is 9.57. The minimum atomic E-state index is -0.301. The van der Waals surface area contributed by atoms with Gasteiger partial charge in [0, 0.05) is 0 Å². The van der Waals surface area contributed by atoms with Crippen LogP contribution in [0.4, 0.5) is 5.95 Å². The van der Waals surface area contributed by atoms with Crippen molar-refractivity contribution < 1.29 is 0 Å². The van der Waals surface area contributed by atoms with Crippen molar-refractivity contribution in [3.05, 3.63) is 16.7 Å². The molecule has 4 N–H and O–H groups in total. The molecular weight excluding hydrogens is 229 g/mol. The van der Waals surface area contributed by atoms with Crippen LogP contribution in [-0.4, -0.2) is 25.3 Å². The van der Waals surface area contributed by atoms with Gasteiger partial charge in [0.25, 0.3) is 5.56 Å². The number of H-pyrrole nitrogens is 2. The number of aromatic nitrogens is 4. The van der Waals surface area contributed by atoms with Gasteiger partial charge in [0.1, 0.15) is 0 Å². The lowest BCUT2D eigenvalue weighted by atomic mass is 10.5. The van der Waals surface area contributed by atoms with Crippen LogP contribution < -0.4 is 11.3 Å². The average molecular weight is 236 g/mol. The first-order valence-electron chi connectivity index (χ1n) is 3.50. The summed E-state index contributed by atoms with van der Waals surface area (Å²) in [6, 6.07) is 0. The second-order valence-electron chi connectivity index (χ2n) is 2.15. The minimum Gasteiger partial charge on any atom is -0.369 e. The Morgan fingerprint density at radius 1 is 1.50 bits per heavy atom. The number of nitrogens with two attached hydrogens (primary N) is 1. The largest absolute Gasteiger partial charge is 0.369 e. The number of nitrogens with one attached hydrogen (secondary N) is 2. The number of aromatic amines is 2. The van der Waals surface area contributed by atoms with Crippen molar-refractivity contribution in [1.29, 1.82) is 0 Å². The monoisotopic (exact) mass is 235 g/mol. The molecule has 2 aromatic rings. The fraction of sp³-hybridized carbons (Fsp3) is 0.167. The molecule has 0 fully saturated rings. The SMILES string of the molecule is ClCCl.Nc1nc2nc[nH]c2c(=O)[nH]1. The molecule has 6 nitrogen and oxygen atoms in total. The summed E-state index contributed by atoms with van der Waals surface area (Å²) in [6.07, 6.45) is 1.40. The highest BCUT2D eigenvalue weighted by Crippen LogP contribution is 1.98. The van der Waals surface area contributed by atoms with Gasteiger partial charge in [0.15, 0.2) is 11.2 Å². The van der Waals surface area contributed by atoms with Crippen molar-refractivity contribution in [3.8, 4) is 0 Å². The molecule has 0 aliphatic heterocycles. The highest BCUT2D eigenvalue weighted by atomic mass is 35.5. The van der Waals surface area contributed by atoms with Gasteiger partial charge in [-0.3, -0.25) is 9.78 Å². The lowest BCUT2D eigenvalue weighted by molar-refractivity contribution is 1.17. The van der Waals surface area contributed by atoms with Gasteiger partial charge in [0.05, 0.1) is 11.7 Å². The molecule has 14 heavy (non-hydrogen) atoms. The van der Waals surface area contributed by atoms with Gasteiger partial charge in [-0.15, -0.1) is 23.2 Å². The molecule has 2 heterocycles. The number of hydrogen-bond donors (Lipinski definition) is 3. The van der Waals surface area contributed by atoms with Crippen LogP contribution in [0.2, 0.25) is 0 Å². The molecule has 8 heteroatoms. The maximum absolute atomic E-state index is 11.0. The number of hydrogen-bond acceptors (Lipinski definition) is 4. The Morgan fingerprint density at radius 2 is 2.14 bits per heavy atom. The third kappa shape index (κ3) is 2.36. The number of rotatable bonds is 0. The van der Waals surface area contributed by atoms with E-state index in [1.807, 2.05) is 0 Å². The molecule has 0 aliphatic rings. The Balaban J connectivity index is 0.000000293. The number of fused-ring (bicyclic) bond motifs is 1. The molecule has 0 aromatic carbocycles. The van der Waals surface area contributed by atoms with Crippen LogP contribution in [0, 0.1) is 0 Å². The molecule has 0 atom stereocenters. The number of imidazole rings is 1. The first-order chi connectivity index (χ1) is 6.69. The van der Waals surface area contributed by atoms with Gasteiger partial charge in [-0.1, -0.05) is 0 Å². The van der Waals surface area contributed by atoms with Gasteiger partial charge in [-0.2, -0.15) is 4.98 Å². The summed E-state index contributed by atoms with van der Waals surface area (Å²) in [7, 11) is 0. The average Bonchev–Trinajstić information content (AvgIpc) is 2.53. The quantitative estimate of drug-likeness (QED) is 0.584. The van der Waals surface area contributed by atoms with E-state index in [9.17, 15) is 4.79 Å². The van der Waals surface area contributed by atoms with E-state index in [0.29, 0.717) is 11.2 Å². The number of alkyl halides is 2. The lowest BCUT2D eigenvalue weighted by Crippen LogP contribution is -2.10. The summed E-state index contributed by atoms with van der Waals surface area (Å²) >= 11 is 9.53. The Labute approximate surface area is 88.5 Å². The van der Waals surface area contributed by atoms with Crippen LogP contribution in [0.3, 0.4) is 0 Å². The molecule has 0 aliphatic carbocycles. The number of anilines is 1. The van der Waals surface area contributed by atoms with Crippen LogP contribution in [-0.2, 0) is 0 Å². The number of nitrogen functional groups attached to an aromatic ring is 1. The molecule has 2 rings (SSSR count).